The van der Waals surface area contributed by atoms with Gasteiger partial charge in [0.05, 0.1) is 0 Å². The van der Waals surface area contributed by atoms with Gasteiger partial charge in [-0.1, -0.05) is 18.2 Å². The van der Waals surface area contributed by atoms with Crippen LogP contribution in [0.5, 0.6) is 5.75 Å². The number of ether oxygens (including phenoxy) is 1. The molecule has 4 aliphatic rings. The fourth-order valence-electron chi connectivity index (χ4n) is 6.45. The molecule has 2 aromatic rings. The van der Waals surface area contributed by atoms with Crippen molar-refractivity contribution in [2.24, 2.45) is 23.2 Å². The second kappa shape index (κ2) is 7.25. The van der Waals surface area contributed by atoms with Crippen LogP contribution in [0.3, 0.4) is 0 Å². The van der Waals surface area contributed by atoms with E-state index in [4.69, 9.17) is 4.74 Å². The van der Waals surface area contributed by atoms with Crippen LogP contribution in [0.1, 0.15) is 55.9 Å². The maximum atomic E-state index is 5.89. The van der Waals surface area contributed by atoms with Crippen LogP contribution < -0.4 is 10.1 Å². The van der Waals surface area contributed by atoms with Crippen molar-refractivity contribution in [2.45, 2.75) is 64.6 Å². The lowest BCUT2D eigenvalue weighted by molar-refractivity contribution is -0.0706. The van der Waals surface area contributed by atoms with E-state index < -0.39 is 0 Å². The topological polar surface area (TPSA) is 21.3 Å². The minimum absolute atomic E-state index is 0.582. The van der Waals surface area contributed by atoms with Crippen molar-refractivity contribution in [1.82, 2.24) is 5.32 Å². The van der Waals surface area contributed by atoms with Gasteiger partial charge in [0, 0.05) is 17.5 Å². The predicted octanol–water partition coefficient (Wildman–Crippen LogP) is 6.02. The first-order valence-electron chi connectivity index (χ1n) is 10.7. The van der Waals surface area contributed by atoms with Gasteiger partial charge < -0.3 is 10.1 Å². The molecule has 144 valence electrons. The molecule has 1 heterocycles. The highest BCUT2D eigenvalue weighted by Crippen LogP contribution is 2.61. The summed E-state index contributed by atoms with van der Waals surface area (Å²) in [5.74, 6) is 4.04. The fourth-order valence-corrected chi connectivity index (χ4v) is 7.06. The molecule has 0 spiro atoms. The molecule has 1 aromatic heterocycles. The highest BCUT2D eigenvalue weighted by atomic mass is 32.1. The Morgan fingerprint density at radius 3 is 2.30 bits per heavy atom. The van der Waals surface area contributed by atoms with Crippen molar-refractivity contribution in [3.63, 3.8) is 0 Å². The van der Waals surface area contributed by atoms with Crippen LogP contribution in [0.4, 0.5) is 0 Å². The van der Waals surface area contributed by atoms with E-state index >= 15 is 0 Å². The zero-order valence-corrected chi connectivity index (χ0v) is 17.1. The molecule has 0 aliphatic heterocycles. The van der Waals surface area contributed by atoms with Crippen molar-refractivity contribution >= 4 is 11.3 Å². The number of nitrogens with one attached hydrogen (secondary N) is 1. The number of thiophene rings is 1. The molecule has 0 amide bonds. The molecule has 0 unspecified atom stereocenters. The summed E-state index contributed by atoms with van der Waals surface area (Å²) in [4.78, 5) is 1.27. The Labute approximate surface area is 167 Å². The third-order valence-electron chi connectivity index (χ3n) is 7.50. The molecule has 1 N–H and O–H groups in total. The van der Waals surface area contributed by atoms with E-state index in [0.29, 0.717) is 18.1 Å². The molecule has 27 heavy (non-hydrogen) atoms. The Bertz CT molecular complexity index is 716. The van der Waals surface area contributed by atoms with E-state index in [2.05, 4.69) is 54.0 Å². The minimum Gasteiger partial charge on any atom is -0.488 e. The zero-order valence-electron chi connectivity index (χ0n) is 16.3. The van der Waals surface area contributed by atoms with Gasteiger partial charge in [0.15, 0.2) is 0 Å². The van der Waals surface area contributed by atoms with Crippen LogP contribution >= 0.6 is 11.3 Å². The van der Waals surface area contributed by atoms with E-state index in [-0.39, 0.29) is 0 Å². The third kappa shape index (κ3) is 3.69. The van der Waals surface area contributed by atoms with Gasteiger partial charge in [-0.25, -0.2) is 0 Å². The quantitative estimate of drug-likeness (QED) is 0.633. The van der Waals surface area contributed by atoms with Crippen molar-refractivity contribution in [3.8, 4) is 5.75 Å². The molecule has 1 aromatic carbocycles. The van der Waals surface area contributed by atoms with Gasteiger partial charge in [0.1, 0.15) is 12.4 Å². The SMILES string of the molecule is C[C@@H](NCc1ccc(OCc2cccs2)cc1)C12CC3CC(CC(C3)C1)C2. The molecule has 4 saturated carbocycles. The monoisotopic (exact) mass is 381 g/mol. The lowest BCUT2D eigenvalue weighted by Gasteiger charge is -2.59. The fraction of sp³-hybridized carbons (Fsp3) is 0.583. The van der Waals surface area contributed by atoms with Gasteiger partial charge in [0.25, 0.3) is 0 Å². The smallest absolute Gasteiger partial charge is 0.122 e. The lowest BCUT2D eigenvalue weighted by Crippen LogP contribution is -2.54. The van der Waals surface area contributed by atoms with Gasteiger partial charge in [-0.05, 0) is 97.8 Å². The predicted molar refractivity (Wildman–Crippen MR) is 112 cm³/mol. The van der Waals surface area contributed by atoms with E-state index in [0.717, 1.165) is 30.0 Å². The van der Waals surface area contributed by atoms with Crippen LogP contribution in [0.15, 0.2) is 41.8 Å². The number of benzene rings is 1. The van der Waals surface area contributed by atoms with Gasteiger partial charge >= 0.3 is 0 Å². The second-order valence-corrected chi connectivity index (χ2v) is 10.4. The summed E-state index contributed by atoms with van der Waals surface area (Å²) in [5.41, 5.74) is 1.94. The summed E-state index contributed by atoms with van der Waals surface area (Å²) in [6.07, 6.45) is 9.00. The first-order chi connectivity index (χ1) is 13.2. The minimum atomic E-state index is 0.582. The van der Waals surface area contributed by atoms with Crippen molar-refractivity contribution in [3.05, 3.63) is 52.2 Å². The van der Waals surface area contributed by atoms with Gasteiger partial charge in [-0.3, -0.25) is 0 Å². The molecule has 2 nitrogen and oxygen atoms in total. The molecule has 3 heteroatoms. The van der Waals surface area contributed by atoms with Crippen molar-refractivity contribution in [1.29, 1.82) is 0 Å². The van der Waals surface area contributed by atoms with Gasteiger partial charge in [-0.2, -0.15) is 0 Å². The highest BCUT2D eigenvalue weighted by Gasteiger charge is 2.52. The largest absolute Gasteiger partial charge is 0.488 e. The summed E-state index contributed by atoms with van der Waals surface area (Å²) >= 11 is 1.74. The number of rotatable bonds is 7. The molecule has 4 fully saturated rings. The summed E-state index contributed by atoms with van der Waals surface area (Å²) in [6.45, 7) is 4.08. The standard InChI is InChI=1S/C24H31NOS/c1-17(24-12-19-9-20(13-24)11-21(10-19)14-24)25-15-18-4-6-22(7-5-18)26-16-23-3-2-8-27-23/h2-8,17,19-21,25H,9-16H2,1H3/t17-,19?,20?,21?,24?/m1/s1. The molecule has 4 aliphatic carbocycles. The van der Waals surface area contributed by atoms with E-state index in [1.54, 1.807) is 11.3 Å². The molecule has 4 bridgehead atoms. The Morgan fingerprint density at radius 2 is 1.70 bits per heavy atom. The van der Waals surface area contributed by atoms with Gasteiger partial charge in [-0.15, -0.1) is 11.3 Å². The maximum absolute atomic E-state index is 5.89. The molecule has 0 radical (unpaired) electrons. The summed E-state index contributed by atoms with van der Waals surface area (Å²) in [5, 5.41) is 5.99. The Hall–Kier alpha value is -1.32. The van der Waals surface area contributed by atoms with E-state index in [1.165, 1.54) is 49.0 Å². The zero-order chi connectivity index (χ0) is 18.3. The normalized spacial score (nSPS) is 32.6. The summed E-state index contributed by atoms with van der Waals surface area (Å²) < 4.78 is 5.89. The van der Waals surface area contributed by atoms with Crippen LogP contribution in [-0.4, -0.2) is 6.04 Å². The van der Waals surface area contributed by atoms with Crippen LogP contribution in [0.2, 0.25) is 0 Å². The number of hydrogen-bond donors (Lipinski definition) is 1. The molecular weight excluding hydrogens is 350 g/mol. The first kappa shape index (κ1) is 17.8. The van der Waals surface area contributed by atoms with Crippen LogP contribution in [-0.2, 0) is 13.2 Å². The first-order valence-corrected chi connectivity index (χ1v) is 11.5. The Balaban J connectivity index is 1.15. The van der Waals surface area contributed by atoms with Crippen LogP contribution in [0.25, 0.3) is 0 Å². The van der Waals surface area contributed by atoms with E-state index in [9.17, 15) is 0 Å². The van der Waals surface area contributed by atoms with Gasteiger partial charge in [0.2, 0.25) is 0 Å². The average Bonchev–Trinajstić information content (AvgIpc) is 3.18. The third-order valence-corrected chi connectivity index (χ3v) is 8.35. The lowest BCUT2D eigenvalue weighted by atomic mass is 9.48. The van der Waals surface area contributed by atoms with Crippen molar-refractivity contribution < 1.29 is 4.74 Å². The Kier molecular flexibility index (Phi) is 4.77. The molecule has 0 saturated heterocycles. The van der Waals surface area contributed by atoms with E-state index in [1.807, 2.05) is 0 Å². The molecular formula is C24H31NOS. The highest BCUT2D eigenvalue weighted by molar-refractivity contribution is 7.09. The van der Waals surface area contributed by atoms with Crippen molar-refractivity contribution in [2.75, 3.05) is 0 Å². The average molecular weight is 382 g/mol. The number of hydrogen-bond acceptors (Lipinski definition) is 3. The Morgan fingerprint density at radius 1 is 1.04 bits per heavy atom. The maximum Gasteiger partial charge on any atom is 0.122 e. The summed E-state index contributed by atoms with van der Waals surface area (Å²) in [7, 11) is 0. The van der Waals surface area contributed by atoms with Crippen LogP contribution in [0, 0.1) is 23.2 Å². The summed E-state index contributed by atoms with van der Waals surface area (Å²) in [6, 6.07) is 13.5. The second-order valence-electron chi connectivity index (χ2n) is 9.39. The molecule has 1 atom stereocenters. The molecule has 6 rings (SSSR count).